The lowest BCUT2D eigenvalue weighted by molar-refractivity contribution is 0.603. The smallest absolute Gasteiger partial charge is 0.134 e. The molecule has 1 unspecified atom stereocenters. The molecule has 2 rings (SSSR count). The summed E-state index contributed by atoms with van der Waals surface area (Å²) < 4.78 is 0. The normalized spacial score (nSPS) is 16.4. The molecular weight excluding hydrogens is 224 g/mol. The highest BCUT2D eigenvalue weighted by molar-refractivity contribution is 5.49. The van der Waals surface area contributed by atoms with Crippen molar-refractivity contribution in [3.05, 3.63) is 11.9 Å². The molecule has 1 fully saturated rings. The Labute approximate surface area is 110 Å². The molecule has 1 N–H and O–H groups in total. The molecule has 0 aliphatic heterocycles. The second kappa shape index (κ2) is 5.55. The molecule has 100 valence electrons. The van der Waals surface area contributed by atoms with Crippen molar-refractivity contribution in [3.8, 4) is 0 Å². The highest BCUT2D eigenvalue weighted by Gasteiger charge is 2.31. The highest BCUT2D eigenvalue weighted by Crippen LogP contribution is 2.36. The number of nitrogens with zero attached hydrogens (tertiary/aromatic N) is 3. The summed E-state index contributed by atoms with van der Waals surface area (Å²) >= 11 is 0. The van der Waals surface area contributed by atoms with E-state index in [1.165, 1.54) is 12.8 Å². The quantitative estimate of drug-likeness (QED) is 0.840. The third kappa shape index (κ3) is 3.12. The minimum Gasteiger partial charge on any atom is -0.370 e. The van der Waals surface area contributed by atoms with Gasteiger partial charge in [-0.2, -0.15) is 0 Å². The molecule has 1 atom stereocenters. The van der Waals surface area contributed by atoms with Crippen molar-refractivity contribution in [1.29, 1.82) is 0 Å². The van der Waals surface area contributed by atoms with Gasteiger partial charge in [-0.1, -0.05) is 6.92 Å². The van der Waals surface area contributed by atoms with Crippen LogP contribution in [0.25, 0.3) is 0 Å². The first-order valence-corrected chi connectivity index (χ1v) is 6.94. The van der Waals surface area contributed by atoms with Gasteiger partial charge in [-0.15, -0.1) is 0 Å². The Morgan fingerprint density at radius 1 is 1.44 bits per heavy atom. The molecule has 0 radical (unpaired) electrons. The Balaban J connectivity index is 2.12. The number of nitrogens with one attached hydrogen (secondary N) is 1. The SMILES string of the molecule is CCCNc1cc(N(C)C(C)C2CC2)nc(C)n1. The molecule has 18 heavy (non-hydrogen) atoms. The molecule has 1 aromatic rings. The Hall–Kier alpha value is -1.32. The Kier molecular flexibility index (Phi) is 4.04. The standard InChI is InChI=1S/C14H24N4/c1-5-8-15-13-9-14(17-11(3)16-13)18(4)10(2)12-6-7-12/h9-10,12H,5-8H2,1-4H3,(H,15,16,17). The van der Waals surface area contributed by atoms with Gasteiger partial charge in [-0.25, -0.2) is 9.97 Å². The minimum atomic E-state index is 0.568. The highest BCUT2D eigenvalue weighted by atomic mass is 15.2. The molecule has 0 aromatic carbocycles. The lowest BCUT2D eigenvalue weighted by atomic mass is 10.2. The van der Waals surface area contributed by atoms with Gasteiger partial charge in [0.05, 0.1) is 0 Å². The predicted molar refractivity (Wildman–Crippen MR) is 76.1 cm³/mol. The molecule has 4 heteroatoms. The molecule has 0 bridgehead atoms. The minimum absolute atomic E-state index is 0.568. The zero-order valence-electron chi connectivity index (χ0n) is 11.9. The summed E-state index contributed by atoms with van der Waals surface area (Å²) in [6.07, 6.45) is 3.82. The van der Waals surface area contributed by atoms with Crippen LogP contribution in [0.5, 0.6) is 0 Å². The van der Waals surface area contributed by atoms with E-state index in [0.29, 0.717) is 6.04 Å². The fraction of sp³-hybridized carbons (Fsp3) is 0.714. The van der Waals surface area contributed by atoms with Crippen LogP contribution in [0.15, 0.2) is 6.07 Å². The Morgan fingerprint density at radius 2 is 2.17 bits per heavy atom. The molecule has 0 saturated heterocycles. The maximum atomic E-state index is 4.55. The third-order valence-electron chi connectivity index (χ3n) is 3.66. The van der Waals surface area contributed by atoms with Gasteiger partial charge in [0.2, 0.25) is 0 Å². The van der Waals surface area contributed by atoms with Crippen LogP contribution in [0, 0.1) is 12.8 Å². The van der Waals surface area contributed by atoms with Crippen LogP contribution in [-0.2, 0) is 0 Å². The van der Waals surface area contributed by atoms with Crippen LogP contribution in [-0.4, -0.2) is 29.6 Å². The summed E-state index contributed by atoms with van der Waals surface area (Å²) in [4.78, 5) is 11.3. The second-order valence-corrected chi connectivity index (χ2v) is 5.27. The molecule has 1 heterocycles. The van der Waals surface area contributed by atoms with Crippen molar-refractivity contribution in [2.24, 2.45) is 5.92 Å². The van der Waals surface area contributed by atoms with E-state index >= 15 is 0 Å². The van der Waals surface area contributed by atoms with Crippen LogP contribution in [0.3, 0.4) is 0 Å². The molecule has 4 nitrogen and oxygen atoms in total. The Morgan fingerprint density at radius 3 is 2.78 bits per heavy atom. The lowest BCUT2D eigenvalue weighted by Gasteiger charge is -2.26. The third-order valence-corrected chi connectivity index (χ3v) is 3.66. The average Bonchev–Trinajstić information content (AvgIpc) is 3.18. The average molecular weight is 248 g/mol. The van der Waals surface area contributed by atoms with E-state index in [4.69, 9.17) is 0 Å². The molecule has 0 spiro atoms. The zero-order valence-corrected chi connectivity index (χ0v) is 11.9. The molecule has 1 aliphatic carbocycles. The van der Waals surface area contributed by atoms with Gasteiger partial charge in [-0.3, -0.25) is 0 Å². The zero-order chi connectivity index (χ0) is 13.1. The maximum absolute atomic E-state index is 4.55. The van der Waals surface area contributed by atoms with Crippen LogP contribution < -0.4 is 10.2 Å². The maximum Gasteiger partial charge on any atom is 0.134 e. The summed E-state index contributed by atoms with van der Waals surface area (Å²) in [6.45, 7) is 7.35. The second-order valence-electron chi connectivity index (χ2n) is 5.27. The van der Waals surface area contributed by atoms with Crippen molar-refractivity contribution in [3.63, 3.8) is 0 Å². The number of hydrogen-bond acceptors (Lipinski definition) is 4. The predicted octanol–water partition coefficient (Wildman–Crippen LogP) is 2.84. The van der Waals surface area contributed by atoms with Crippen LogP contribution in [0.2, 0.25) is 0 Å². The topological polar surface area (TPSA) is 41.0 Å². The summed E-state index contributed by atoms with van der Waals surface area (Å²) in [6, 6.07) is 2.62. The largest absolute Gasteiger partial charge is 0.370 e. The van der Waals surface area contributed by atoms with Gasteiger partial charge in [0.25, 0.3) is 0 Å². The van der Waals surface area contributed by atoms with Gasteiger partial charge in [0, 0.05) is 25.7 Å². The van der Waals surface area contributed by atoms with Gasteiger partial charge < -0.3 is 10.2 Å². The molecule has 1 aliphatic rings. The van der Waals surface area contributed by atoms with Gasteiger partial charge >= 0.3 is 0 Å². The van der Waals surface area contributed by atoms with E-state index < -0.39 is 0 Å². The number of hydrogen-bond donors (Lipinski definition) is 1. The van der Waals surface area contributed by atoms with E-state index in [1.807, 2.05) is 6.92 Å². The van der Waals surface area contributed by atoms with E-state index in [9.17, 15) is 0 Å². The summed E-state index contributed by atoms with van der Waals surface area (Å²) in [5, 5.41) is 3.34. The van der Waals surface area contributed by atoms with E-state index in [-0.39, 0.29) is 0 Å². The lowest BCUT2D eigenvalue weighted by Crippen LogP contribution is -2.31. The van der Waals surface area contributed by atoms with E-state index in [0.717, 1.165) is 36.3 Å². The fourth-order valence-corrected chi connectivity index (χ4v) is 2.18. The van der Waals surface area contributed by atoms with Gasteiger partial charge in [0.15, 0.2) is 0 Å². The summed E-state index contributed by atoms with van der Waals surface area (Å²) in [5.41, 5.74) is 0. The van der Waals surface area contributed by atoms with E-state index in [1.54, 1.807) is 0 Å². The number of aromatic nitrogens is 2. The van der Waals surface area contributed by atoms with Crippen molar-refractivity contribution >= 4 is 11.6 Å². The Bertz CT molecular complexity index is 401. The van der Waals surface area contributed by atoms with Gasteiger partial charge in [-0.05, 0) is 39.0 Å². The first-order valence-electron chi connectivity index (χ1n) is 6.94. The molecule has 0 amide bonds. The summed E-state index contributed by atoms with van der Waals surface area (Å²) in [5.74, 6) is 3.65. The number of anilines is 2. The van der Waals surface area contributed by atoms with Crippen molar-refractivity contribution in [1.82, 2.24) is 9.97 Å². The fourth-order valence-electron chi connectivity index (χ4n) is 2.18. The van der Waals surface area contributed by atoms with E-state index in [2.05, 4.69) is 47.1 Å². The number of rotatable bonds is 6. The van der Waals surface area contributed by atoms with Crippen LogP contribution in [0.4, 0.5) is 11.6 Å². The number of aryl methyl sites for hydroxylation is 1. The monoisotopic (exact) mass is 248 g/mol. The first-order chi connectivity index (χ1) is 8.61. The van der Waals surface area contributed by atoms with Crippen molar-refractivity contribution in [2.45, 2.75) is 46.1 Å². The van der Waals surface area contributed by atoms with Crippen LogP contribution >= 0.6 is 0 Å². The van der Waals surface area contributed by atoms with Crippen LogP contribution in [0.1, 0.15) is 38.9 Å². The molecule has 1 aromatic heterocycles. The first kappa shape index (κ1) is 13.1. The van der Waals surface area contributed by atoms with Crippen molar-refractivity contribution < 1.29 is 0 Å². The van der Waals surface area contributed by atoms with Crippen molar-refractivity contribution in [2.75, 3.05) is 23.8 Å². The molecule has 1 saturated carbocycles. The van der Waals surface area contributed by atoms with Gasteiger partial charge in [0.1, 0.15) is 17.5 Å². The summed E-state index contributed by atoms with van der Waals surface area (Å²) in [7, 11) is 2.13. The molecular formula is C14H24N4.